The lowest BCUT2D eigenvalue weighted by Gasteiger charge is -2.28. The summed E-state index contributed by atoms with van der Waals surface area (Å²) >= 11 is 0. The number of hydrogen-bond donors (Lipinski definition) is 1. The Labute approximate surface area is 172 Å². The zero-order chi connectivity index (χ0) is 23.2. The minimum atomic E-state index is -5.27. The first kappa shape index (κ1) is 25.7. The van der Waals surface area contributed by atoms with Gasteiger partial charge in [0.25, 0.3) is 10.1 Å². The number of rotatable bonds is 8. The van der Waals surface area contributed by atoms with Crippen molar-refractivity contribution in [2.24, 2.45) is 0 Å². The van der Waals surface area contributed by atoms with Gasteiger partial charge < -0.3 is 14.8 Å². The van der Waals surface area contributed by atoms with Crippen molar-refractivity contribution in [1.82, 2.24) is 5.32 Å². The second-order valence-corrected chi connectivity index (χ2v) is 8.98. The van der Waals surface area contributed by atoms with E-state index in [1.54, 1.807) is 51.1 Å². The third-order valence-electron chi connectivity index (χ3n) is 3.36. The summed E-state index contributed by atoms with van der Waals surface area (Å²) in [6.45, 7) is 3.70. The Morgan fingerprint density at radius 2 is 1.67 bits per heavy atom. The Hall–Kier alpha value is -2.34. The number of esters is 1. The van der Waals surface area contributed by atoms with E-state index in [2.05, 4.69) is 10.1 Å². The molecule has 170 valence electrons. The van der Waals surface area contributed by atoms with E-state index in [4.69, 9.17) is 8.92 Å². The maximum Gasteiger partial charge on any atom is 0.490 e. The molecule has 0 aromatic heterocycles. The molecule has 0 aliphatic carbocycles. The van der Waals surface area contributed by atoms with E-state index >= 15 is 0 Å². The summed E-state index contributed by atoms with van der Waals surface area (Å²) < 4.78 is 74.7. The molecule has 0 fully saturated rings. The van der Waals surface area contributed by atoms with Gasteiger partial charge in [-0.3, -0.25) is 4.18 Å². The highest BCUT2D eigenvalue weighted by Gasteiger charge is 2.42. The van der Waals surface area contributed by atoms with E-state index in [0.29, 0.717) is 11.8 Å². The van der Waals surface area contributed by atoms with Crippen molar-refractivity contribution in [2.45, 2.75) is 51.1 Å². The number of carbonyl (C=O) groups is 2. The van der Waals surface area contributed by atoms with Crippen molar-refractivity contribution in [3.05, 3.63) is 35.9 Å². The van der Waals surface area contributed by atoms with E-state index in [0.717, 1.165) is 0 Å². The molecule has 8 nitrogen and oxygen atoms in total. The molecule has 0 saturated carbocycles. The van der Waals surface area contributed by atoms with Gasteiger partial charge in [0, 0.05) is 0 Å². The van der Waals surface area contributed by atoms with E-state index in [9.17, 15) is 31.2 Å². The molecular weight excluding hydrogens is 431 g/mol. The molecule has 12 heteroatoms. The van der Waals surface area contributed by atoms with Crippen molar-refractivity contribution < 1.29 is 44.8 Å². The Morgan fingerprint density at radius 3 is 2.13 bits per heavy atom. The molecule has 1 N–H and O–H groups in total. The predicted octanol–water partition coefficient (Wildman–Crippen LogP) is 2.57. The van der Waals surface area contributed by atoms with Crippen molar-refractivity contribution in [3.63, 3.8) is 0 Å². The predicted molar refractivity (Wildman–Crippen MR) is 100 cm³/mol. The van der Waals surface area contributed by atoms with Crippen LogP contribution in [0.4, 0.5) is 18.0 Å². The highest BCUT2D eigenvalue weighted by atomic mass is 32.2. The summed E-state index contributed by atoms with van der Waals surface area (Å²) in [5.74, 6) is -2.51. The van der Waals surface area contributed by atoms with E-state index in [1.807, 2.05) is 0 Å². The average Bonchev–Trinajstić information content (AvgIpc) is 2.55. The molecule has 1 aromatic rings. The fourth-order valence-corrected chi connectivity index (χ4v) is 2.92. The second-order valence-electron chi connectivity index (χ2n) is 7.38. The number of alkyl halides is 3. The van der Waals surface area contributed by atoms with Crippen LogP contribution in [0.5, 0.6) is 0 Å². The van der Waals surface area contributed by atoms with Crippen LogP contribution in [-0.4, -0.2) is 57.3 Å². The fraction of sp³-hybridized carbons (Fsp3) is 0.556. The first-order chi connectivity index (χ1) is 13.6. The molecule has 2 atom stereocenters. The molecule has 0 spiro atoms. The summed E-state index contributed by atoms with van der Waals surface area (Å²) in [6, 6.07) is 7.19. The van der Waals surface area contributed by atoms with Gasteiger partial charge in [-0.15, -0.1) is 0 Å². The number of halogens is 3. The molecule has 0 radical (unpaired) electrons. The molecular formula is C18H24F3NO7S. The van der Waals surface area contributed by atoms with Gasteiger partial charge in [0.1, 0.15) is 18.3 Å². The first-order valence-electron chi connectivity index (χ1n) is 8.72. The molecule has 30 heavy (non-hydrogen) atoms. The lowest BCUT2D eigenvalue weighted by molar-refractivity contribution is -0.201. The Kier molecular flexibility index (Phi) is 8.66. The minimum Gasteiger partial charge on any atom is -0.456 e. The quantitative estimate of drug-likeness (QED) is 0.474. The van der Waals surface area contributed by atoms with Gasteiger partial charge in [0.2, 0.25) is 0 Å². The molecule has 0 aliphatic heterocycles. The third-order valence-corrected chi connectivity index (χ3v) is 3.95. The summed E-state index contributed by atoms with van der Waals surface area (Å²) in [5.41, 5.74) is -0.278. The van der Waals surface area contributed by atoms with Gasteiger partial charge in [-0.05, 0) is 32.8 Å². The molecule has 0 unspecified atom stereocenters. The van der Waals surface area contributed by atoms with Gasteiger partial charge in [0.15, 0.2) is 0 Å². The summed E-state index contributed by atoms with van der Waals surface area (Å²) in [6.07, 6.45) is -7.22. The molecule has 0 heterocycles. The van der Waals surface area contributed by atoms with Crippen molar-refractivity contribution in [2.75, 3.05) is 12.9 Å². The van der Waals surface area contributed by atoms with Crippen LogP contribution in [0.2, 0.25) is 0 Å². The number of nitrogens with one attached hydrogen (secondary N) is 1. The van der Waals surface area contributed by atoms with Crippen molar-refractivity contribution >= 4 is 22.2 Å². The molecule has 1 aromatic carbocycles. The third kappa shape index (κ3) is 10.4. The largest absolute Gasteiger partial charge is 0.490 e. The molecule has 0 saturated heterocycles. The number of benzene rings is 1. The molecule has 1 rings (SSSR count). The number of hydrogen-bond acceptors (Lipinski definition) is 7. The van der Waals surface area contributed by atoms with Crippen LogP contribution < -0.4 is 5.32 Å². The fourth-order valence-electron chi connectivity index (χ4n) is 2.28. The van der Waals surface area contributed by atoms with Crippen LogP contribution in [0.1, 0.15) is 26.3 Å². The van der Waals surface area contributed by atoms with Crippen LogP contribution in [0.3, 0.4) is 0 Å². The highest BCUT2D eigenvalue weighted by Crippen LogP contribution is 2.19. The number of carbonyl (C=O) groups excluding carboxylic acids is 2. The Balaban J connectivity index is 3.14. The van der Waals surface area contributed by atoms with Gasteiger partial charge >= 0.3 is 18.2 Å². The number of ether oxygens (including phenoxy) is 2. The van der Waals surface area contributed by atoms with Gasteiger partial charge in [0.05, 0.1) is 12.3 Å². The van der Waals surface area contributed by atoms with E-state index in [-0.39, 0.29) is 6.42 Å². The minimum absolute atomic E-state index is 0.0379. The van der Waals surface area contributed by atoms with Gasteiger partial charge in [-0.1, -0.05) is 30.3 Å². The lowest BCUT2D eigenvalue weighted by Crippen LogP contribution is -2.50. The maximum absolute atomic E-state index is 12.5. The van der Waals surface area contributed by atoms with Crippen LogP contribution in [0, 0.1) is 0 Å². The number of alkyl carbamates (subject to hydrolysis) is 1. The molecule has 0 bridgehead atoms. The van der Waals surface area contributed by atoms with Crippen molar-refractivity contribution in [3.8, 4) is 0 Å². The molecule has 1 amide bonds. The van der Waals surface area contributed by atoms with Crippen LogP contribution in [-0.2, 0) is 35.0 Å². The zero-order valence-corrected chi connectivity index (χ0v) is 17.7. The standard InChI is InChI=1S/C18H24F3NO7S/c1-17(2,3)28-16(24)22-13(10-12-8-6-5-7-9-12)14(29-30(4,25)26)11-27-15(23)18(19,20)21/h5-9,13-14H,10-11H2,1-4H3,(H,22,24)/t13-,14+/m0/s1. The van der Waals surface area contributed by atoms with E-state index < -0.39 is 52.7 Å². The van der Waals surface area contributed by atoms with Crippen LogP contribution in [0.25, 0.3) is 0 Å². The summed E-state index contributed by atoms with van der Waals surface area (Å²) in [7, 11) is -4.18. The topological polar surface area (TPSA) is 108 Å². The summed E-state index contributed by atoms with van der Waals surface area (Å²) in [4.78, 5) is 23.3. The van der Waals surface area contributed by atoms with Gasteiger partial charge in [-0.25, -0.2) is 9.59 Å². The Morgan fingerprint density at radius 1 is 1.10 bits per heavy atom. The number of amides is 1. The SMILES string of the molecule is CC(C)(C)OC(=O)N[C@@H](Cc1ccccc1)[C@@H](COC(=O)C(F)(F)F)OS(C)(=O)=O. The first-order valence-corrected chi connectivity index (χ1v) is 10.5. The maximum atomic E-state index is 12.5. The molecule has 0 aliphatic rings. The normalized spacial score (nSPS) is 14.5. The van der Waals surface area contributed by atoms with Crippen LogP contribution in [0.15, 0.2) is 30.3 Å². The van der Waals surface area contributed by atoms with Crippen molar-refractivity contribution in [1.29, 1.82) is 0 Å². The Bertz CT molecular complexity index is 820. The smallest absolute Gasteiger partial charge is 0.456 e. The second kappa shape index (κ2) is 10.1. The lowest BCUT2D eigenvalue weighted by atomic mass is 10.0. The van der Waals surface area contributed by atoms with Crippen LogP contribution >= 0.6 is 0 Å². The average molecular weight is 455 g/mol. The highest BCUT2D eigenvalue weighted by molar-refractivity contribution is 7.86. The van der Waals surface area contributed by atoms with E-state index in [1.165, 1.54) is 0 Å². The zero-order valence-electron chi connectivity index (χ0n) is 16.9. The summed E-state index contributed by atoms with van der Waals surface area (Å²) in [5, 5.41) is 2.38. The monoisotopic (exact) mass is 455 g/mol. The van der Waals surface area contributed by atoms with Gasteiger partial charge in [-0.2, -0.15) is 21.6 Å².